The van der Waals surface area contributed by atoms with Crippen molar-refractivity contribution in [2.75, 3.05) is 20.3 Å². The molecule has 18 heavy (non-hydrogen) atoms. The molecule has 1 aliphatic heterocycles. The zero-order valence-electron chi connectivity index (χ0n) is 10.6. The van der Waals surface area contributed by atoms with Crippen LogP contribution in [0.25, 0.3) is 0 Å². The molecule has 1 atom stereocenters. The molecule has 0 aromatic heterocycles. The Morgan fingerprint density at radius 3 is 2.44 bits per heavy atom. The van der Waals surface area contributed by atoms with Gasteiger partial charge in [-0.1, -0.05) is 29.3 Å². The maximum atomic E-state index is 6.27. The van der Waals surface area contributed by atoms with Gasteiger partial charge < -0.3 is 10.1 Å². The summed E-state index contributed by atoms with van der Waals surface area (Å²) in [5.41, 5.74) is 1.02. The Labute approximate surface area is 119 Å². The number of ether oxygens (including phenoxy) is 1. The van der Waals surface area contributed by atoms with E-state index < -0.39 is 0 Å². The zero-order valence-corrected chi connectivity index (χ0v) is 12.1. The highest BCUT2D eigenvalue weighted by molar-refractivity contribution is 6.36. The van der Waals surface area contributed by atoms with Crippen molar-refractivity contribution in [2.45, 2.75) is 25.3 Å². The molecule has 1 aliphatic rings. The minimum atomic E-state index is 0.217. The highest BCUT2D eigenvalue weighted by Gasteiger charge is 2.22. The molecule has 1 unspecified atom stereocenters. The van der Waals surface area contributed by atoms with Crippen LogP contribution < -0.4 is 5.32 Å². The van der Waals surface area contributed by atoms with E-state index >= 15 is 0 Å². The molecule has 1 saturated heterocycles. The summed E-state index contributed by atoms with van der Waals surface area (Å²) in [6, 6.07) is 5.90. The lowest BCUT2D eigenvalue weighted by Gasteiger charge is -2.27. The van der Waals surface area contributed by atoms with Crippen molar-refractivity contribution < 1.29 is 4.74 Å². The number of nitrogens with one attached hydrogen (secondary N) is 1. The number of benzene rings is 1. The van der Waals surface area contributed by atoms with Crippen molar-refractivity contribution in [1.82, 2.24) is 5.32 Å². The van der Waals surface area contributed by atoms with E-state index in [0.717, 1.165) is 48.1 Å². The largest absolute Gasteiger partial charge is 0.381 e. The molecule has 0 amide bonds. The molecule has 2 nitrogen and oxygen atoms in total. The van der Waals surface area contributed by atoms with Crippen LogP contribution >= 0.6 is 23.2 Å². The van der Waals surface area contributed by atoms with Gasteiger partial charge in [0.15, 0.2) is 0 Å². The lowest BCUT2D eigenvalue weighted by Crippen LogP contribution is -2.24. The highest BCUT2D eigenvalue weighted by atomic mass is 35.5. The average molecular weight is 288 g/mol. The first kappa shape index (κ1) is 14.1. The van der Waals surface area contributed by atoms with Gasteiger partial charge in [0.2, 0.25) is 0 Å². The Hall–Kier alpha value is -0.280. The Morgan fingerprint density at radius 1 is 1.28 bits per heavy atom. The summed E-state index contributed by atoms with van der Waals surface area (Å²) < 4.78 is 5.40. The summed E-state index contributed by atoms with van der Waals surface area (Å²) in [4.78, 5) is 0. The fraction of sp³-hybridized carbons (Fsp3) is 0.571. The quantitative estimate of drug-likeness (QED) is 0.901. The second-order valence-corrected chi connectivity index (χ2v) is 5.58. The summed E-state index contributed by atoms with van der Waals surface area (Å²) >= 11 is 12.5. The molecule has 100 valence electrons. The maximum absolute atomic E-state index is 6.27. The summed E-state index contributed by atoms with van der Waals surface area (Å²) in [7, 11) is 1.96. The summed E-state index contributed by atoms with van der Waals surface area (Å²) in [6.07, 6.45) is 3.31. The van der Waals surface area contributed by atoms with E-state index in [0.29, 0.717) is 5.92 Å². The molecule has 0 spiro atoms. The van der Waals surface area contributed by atoms with Crippen LogP contribution in [-0.2, 0) is 4.74 Å². The highest BCUT2D eigenvalue weighted by Crippen LogP contribution is 2.35. The van der Waals surface area contributed by atoms with Crippen LogP contribution in [0.4, 0.5) is 0 Å². The summed E-state index contributed by atoms with van der Waals surface area (Å²) in [5.74, 6) is 0.684. The van der Waals surface area contributed by atoms with Gasteiger partial charge in [-0.2, -0.15) is 0 Å². The first-order chi connectivity index (χ1) is 8.72. The Kier molecular flexibility index (Phi) is 5.31. The van der Waals surface area contributed by atoms with Crippen LogP contribution in [0.5, 0.6) is 0 Å². The minimum Gasteiger partial charge on any atom is -0.381 e. The fourth-order valence-corrected chi connectivity index (χ4v) is 3.20. The van der Waals surface area contributed by atoms with Crippen molar-refractivity contribution in [1.29, 1.82) is 0 Å². The second-order valence-electron chi connectivity index (χ2n) is 4.77. The SMILES string of the molecule is CNC(CC1CCOCC1)c1c(Cl)cccc1Cl. The third kappa shape index (κ3) is 3.39. The topological polar surface area (TPSA) is 21.3 Å². The molecule has 1 N–H and O–H groups in total. The smallest absolute Gasteiger partial charge is 0.0468 e. The van der Waals surface area contributed by atoms with Gasteiger partial charge in [0.1, 0.15) is 0 Å². The lowest BCUT2D eigenvalue weighted by atomic mass is 9.89. The van der Waals surface area contributed by atoms with Gasteiger partial charge in [0, 0.05) is 34.9 Å². The maximum Gasteiger partial charge on any atom is 0.0468 e. The van der Waals surface area contributed by atoms with Crippen molar-refractivity contribution >= 4 is 23.2 Å². The number of hydrogen-bond donors (Lipinski definition) is 1. The van der Waals surface area contributed by atoms with Gasteiger partial charge in [0.25, 0.3) is 0 Å². The van der Waals surface area contributed by atoms with E-state index in [1.54, 1.807) is 0 Å². The molecule has 1 fully saturated rings. The molecular formula is C14H19Cl2NO. The van der Waals surface area contributed by atoms with Gasteiger partial charge in [-0.25, -0.2) is 0 Å². The van der Waals surface area contributed by atoms with E-state index in [4.69, 9.17) is 27.9 Å². The third-order valence-corrected chi connectivity index (χ3v) is 4.27. The summed E-state index contributed by atoms with van der Waals surface area (Å²) in [5, 5.41) is 4.83. The van der Waals surface area contributed by atoms with Crippen LogP contribution in [0.1, 0.15) is 30.9 Å². The molecule has 1 heterocycles. The molecular weight excluding hydrogens is 269 g/mol. The van der Waals surface area contributed by atoms with Crippen molar-refractivity contribution in [2.24, 2.45) is 5.92 Å². The predicted octanol–water partition coefficient (Wildman–Crippen LogP) is 4.07. The molecule has 0 bridgehead atoms. The molecule has 4 heteroatoms. The van der Waals surface area contributed by atoms with Crippen LogP contribution in [0.2, 0.25) is 10.0 Å². The number of hydrogen-bond acceptors (Lipinski definition) is 2. The van der Waals surface area contributed by atoms with Gasteiger partial charge in [-0.05, 0) is 44.4 Å². The van der Waals surface area contributed by atoms with Gasteiger partial charge in [0.05, 0.1) is 0 Å². The van der Waals surface area contributed by atoms with Gasteiger partial charge in [-0.3, -0.25) is 0 Å². The Morgan fingerprint density at radius 2 is 1.89 bits per heavy atom. The monoisotopic (exact) mass is 287 g/mol. The average Bonchev–Trinajstić information content (AvgIpc) is 2.38. The van der Waals surface area contributed by atoms with E-state index in [2.05, 4.69) is 5.32 Å². The zero-order chi connectivity index (χ0) is 13.0. The molecule has 0 aliphatic carbocycles. The normalized spacial score (nSPS) is 18.8. The van der Waals surface area contributed by atoms with Crippen molar-refractivity contribution in [3.05, 3.63) is 33.8 Å². The van der Waals surface area contributed by atoms with E-state index in [1.807, 2.05) is 25.2 Å². The first-order valence-corrected chi connectivity index (χ1v) is 7.17. The summed E-state index contributed by atoms with van der Waals surface area (Å²) in [6.45, 7) is 1.74. The van der Waals surface area contributed by atoms with Crippen LogP contribution in [0.3, 0.4) is 0 Å². The number of rotatable bonds is 4. The standard InChI is InChI=1S/C14H19Cl2NO/c1-17-13(9-10-5-7-18-8-6-10)14-11(15)3-2-4-12(14)16/h2-4,10,13,17H,5-9H2,1H3. The fourth-order valence-electron chi connectivity index (χ4n) is 2.54. The van der Waals surface area contributed by atoms with E-state index in [1.165, 1.54) is 0 Å². The minimum absolute atomic E-state index is 0.217. The second kappa shape index (κ2) is 6.76. The van der Waals surface area contributed by atoms with Crippen LogP contribution in [0.15, 0.2) is 18.2 Å². The number of halogens is 2. The predicted molar refractivity (Wildman–Crippen MR) is 76.4 cm³/mol. The Balaban J connectivity index is 2.12. The molecule has 1 aromatic carbocycles. The molecule has 1 aromatic rings. The molecule has 0 radical (unpaired) electrons. The Bertz CT molecular complexity index is 371. The van der Waals surface area contributed by atoms with E-state index in [9.17, 15) is 0 Å². The van der Waals surface area contributed by atoms with Gasteiger partial charge >= 0.3 is 0 Å². The first-order valence-electron chi connectivity index (χ1n) is 6.41. The van der Waals surface area contributed by atoms with Crippen LogP contribution in [0, 0.1) is 5.92 Å². The van der Waals surface area contributed by atoms with Crippen molar-refractivity contribution in [3.8, 4) is 0 Å². The third-order valence-electron chi connectivity index (χ3n) is 3.61. The van der Waals surface area contributed by atoms with Crippen LogP contribution in [-0.4, -0.2) is 20.3 Å². The lowest BCUT2D eigenvalue weighted by molar-refractivity contribution is 0.0608. The molecule has 2 rings (SSSR count). The molecule has 0 saturated carbocycles. The van der Waals surface area contributed by atoms with Crippen molar-refractivity contribution in [3.63, 3.8) is 0 Å². The van der Waals surface area contributed by atoms with Gasteiger partial charge in [-0.15, -0.1) is 0 Å². The van der Waals surface area contributed by atoms with E-state index in [-0.39, 0.29) is 6.04 Å².